The van der Waals surface area contributed by atoms with Gasteiger partial charge in [-0.1, -0.05) is 59.8 Å². The monoisotopic (exact) mass is 395 g/mol. The van der Waals surface area contributed by atoms with E-state index in [1.165, 1.54) is 5.56 Å². The van der Waals surface area contributed by atoms with E-state index >= 15 is 0 Å². The largest absolute Gasteiger partial charge is 0.323 e. The van der Waals surface area contributed by atoms with Gasteiger partial charge in [0, 0.05) is 18.1 Å². The molecule has 7 heteroatoms. The number of allylic oxidation sites excluding steroid dienone is 1. The van der Waals surface area contributed by atoms with Crippen molar-refractivity contribution in [3.63, 3.8) is 0 Å². The van der Waals surface area contributed by atoms with Crippen LogP contribution in [0.4, 0.5) is 0 Å². The molecule has 27 heavy (non-hydrogen) atoms. The van der Waals surface area contributed by atoms with Crippen molar-refractivity contribution in [1.82, 2.24) is 24.3 Å². The van der Waals surface area contributed by atoms with Crippen molar-refractivity contribution in [1.29, 1.82) is 0 Å². The Labute approximate surface area is 166 Å². The number of halogens is 1. The van der Waals surface area contributed by atoms with Crippen LogP contribution in [0.15, 0.2) is 72.7 Å². The van der Waals surface area contributed by atoms with Crippen LogP contribution >= 0.6 is 23.4 Å². The molecule has 0 saturated carbocycles. The van der Waals surface area contributed by atoms with Gasteiger partial charge in [0.1, 0.15) is 12.2 Å². The van der Waals surface area contributed by atoms with Crippen LogP contribution in [0.3, 0.4) is 0 Å². The molecule has 0 aliphatic heterocycles. The highest BCUT2D eigenvalue weighted by Gasteiger charge is 2.14. The molecule has 0 spiro atoms. The Morgan fingerprint density at radius 3 is 2.81 bits per heavy atom. The Kier molecular flexibility index (Phi) is 5.27. The predicted octanol–water partition coefficient (Wildman–Crippen LogP) is 4.81. The second kappa shape index (κ2) is 7.98. The highest BCUT2D eigenvalue weighted by molar-refractivity contribution is 7.98. The van der Waals surface area contributed by atoms with Gasteiger partial charge in [0.15, 0.2) is 5.16 Å². The van der Waals surface area contributed by atoms with Crippen LogP contribution < -0.4 is 0 Å². The maximum Gasteiger partial charge on any atom is 0.191 e. The number of hydrogen-bond donors (Lipinski definition) is 0. The number of rotatable bonds is 7. The standard InChI is InChI=1S/C20H18ClN5S/c1-2-10-25-14-22-24-20(25)27-13-19-23-17-11-16(21)8-9-18(17)26(19)12-15-6-4-3-5-7-15/h2-9,11,14H,1,10,12-13H2. The summed E-state index contributed by atoms with van der Waals surface area (Å²) < 4.78 is 4.21. The molecular formula is C20H18ClN5S. The van der Waals surface area contributed by atoms with Crippen LogP contribution in [0.25, 0.3) is 11.0 Å². The second-order valence-electron chi connectivity index (χ2n) is 6.08. The number of benzene rings is 2. The summed E-state index contributed by atoms with van der Waals surface area (Å²) in [4.78, 5) is 4.82. The zero-order valence-corrected chi connectivity index (χ0v) is 16.2. The Hall–Kier alpha value is -2.57. The van der Waals surface area contributed by atoms with E-state index in [-0.39, 0.29) is 0 Å². The lowest BCUT2D eigenvalue weighted by molar-refractivity contribution is 0.722. The fourth-order valence-corrected chi connectivity index (χ4v) is 3.99. The van der Waals surface area contributed by atoms with Gasteiger partial charge in [-0.25, -0.2) is 4.98 Å². The van der Waals surface area contributed by atoms with Crippen LogP contribution in [-0.2, 0) is 18.8 Å². The molecule has 0 saturated heterocycles. The highest BCUT2D eigenvalue weighted by Crippen LogP contribution is 2.26. The lowest BCUT2D eigenvalue weighted by Crippen LogP contribution is -2.05. The van der Waals surface area contributed by atoms with Crippen LogP contribution in [-0.4, -0.2) is 24.3 Å². The van der Waals surface area contributed by atoms with Crippen LogP contribution in [0.1, 0.15) is 11.4 Å². The molecule has 0 aliphatic rings. The number of thioether (sulfide) groups is 1. The molecule has 0 unspecified atom stereocenters. The number of fused-ring (bicyclic) bond motifs is 1. The van der Waals surface area contributed by atoms with Gasteiger partial charge in [-0.2, -0.15) is 0 Å². The van der Waals surface area contributed by atoms with E-state index in [9.17, 15) is 0 Å². The lowest BCUT2D eigenvalue weighted by Gasteiger charge is -2.09. The third-order valence-corrected chi connectivity index (χ3v) is 5.42. The SMILES string of the molecule is C=CCn1cnnc1SCc1nc2cc(Cl)ccc2n1Cc1ccccc1. The molecule has 0 atom stereocenters. The molecule has 0 radical (unpaired) electrons. The van der Waals surface area contributed by atoms with Gasteiger partial charge in [-0.05, 0) is 23.8 Å². The lowest BCUT2D eigenvalue weighted by atomic mass is 10.2. The van der Waals surface area contributed by atoms with Gasteiger partial charge < -0.3 is 9.13 Å². The highest BCUT2D eigenvalue weighted by atomic mass is 35.5. The first-order valence-corrected chi connectivity index (χ1v) is 9.91. The molecule has 5 nitrogen and oxygen atoms in total. The third kappa shape index (κ3) is 3.91. The van der Waals surface area contributed by atoms with Crippen molar-refractivity contribution < 1.29 is 0 Å². The second-order valence-corrected chi connectivity index (χ2v) is 7.45. The summed E-state index contributed by atoms with van der Waals surface area (Å²) in [6, 6.07) is 16.2. The maximum absolute atomic E-state index is 6.17. The first-order valence-electron chi connectivity index (χ1n) is 8.54. The summed E-state index contributed by atoms with van der Waals surface area (Å²) in [5.74, 6) is 1.67. The van der Waals surface area contributed by atoms with E-state index in [2.05, 4.69) is 45.6 Å². The minimum absolute atomic E-state index is 0.686. The number of aromatic nitrogens is 5. The average Bonchev–Trinajstić information content (AvgIpc) is 3.25. The summed E-state index contributed by atoms with van der Waals surface area (Å²) in [6.07, 6.45) is 3.55. The van der Waals surface area contributed by atoms with Crippen molar-refractivity contribution in [2.75, 3.05) is 0 Å². The van der Waals surface area contributed by atoms with Gasteiger partial charge in [-0.15, -0.1) is 16.8 Å². The van der Waals surface area contributed by atoms with E-state index in [0.29, 0.717) is 17.3 Å². The Balaban J connectivity index is 1.67. The van der Waals surface area contributed by atoms with Crippen molar-refractivity contribution in [3.05, 3.63) is 83.9 Å². The fourth-order valence-electron chi connectivity index (χ4n) is 2.96. The first-order chi connectivity index (χ1) is 13.2. The minimum Gasteiger partial charge on any atom is -0.323 e. The van der Waals surface area contributed by atoms with Gasteiger partial charge >= 0.3 is 0 Å². The van der Waals surface area contributed by atoms with Gasteiger partial charge in [0.25, 0.3) is 0 Å². The summed E-state index contributed by atoms with van der Waals surface area (Å²) in [7, 11) is 0. The summed E-state index contributed by atoms with van der Waals surface area (Å²) in [5.41, 5.74) is 3.21. The maximum atomic E-state index is 6.17. The Morgan fingerprint density at radius 1 is 1.15 bits per heavy atom. The van der Waals surface area contributed by atoms with E-state index in [0.717, 1.165) is 28.6 Å². The smallest absolute Gasteiger partial charge is 0.191 e. The fraction of sp³-hybridized carbons (Fsp3) is 0.150. The molecule has 0 amide bonds. The van der Waals surface area contributed by atoms with Crippen LogP contribution in [0.2, 0.25) is 5.02 Å². The number of hydrogen-bond acceptors (Lipinski definition) is 4. The van der Waals surface area contributed by atoms with E-state index in [1.807, 2.05) is 34.9 Å². The number of nitrogens with zero attached hydrogens (tertiary/aromatic N) is 5. The molecule has 2 aromatic carbocycles. The van der Waals surface area contributed by atoms with E-state index in [1.54, 1.807) is 18.1 Å². The summed E-state index contributed by atoms with van der Waals surface area (Å²) in [6.45, 7) is 5.22. The zero-order valence-electron chi connectivity index (χ0n) is 14.6. The molecule has 2 heterocycles. The molecule has 0 aliphatic carbocycles. The molecule has 136 valence electrons. The summed E-state index contributed by atoms with van der Waals surface area (Å²) >= 11 is 7.79. The Bertz CT molecular complexity index is 1070. The van der Waals surface area contributed by atoms with E-state index < -0.39 is 0 Å². The predicted molar refractivity (Wildman–Crippen MR) is 110 cm³/mol. The molecule has 2 aromatic heterocycles. The van der Waals surface area contributed by atoms with Gasteiger partial charge in [-0.3, -0.25) is 0 Å². The third-order valence-electron chi connectivity index (χ3n) is 4.21. The van der Waals surface area contributed by atoms with Crippen LogP contribution in [0, 0.1) is 0 Å². The van der Waals surface area contributed by atoms with Gasteiger partial charge in [0.2, 0.25) is 0 Å². The molecule has 0 fully saturated rings. The molecule has 4 aromatic rings. The van der Waals surface area contributed by atoms with Crippen LogP contribution in [0.5, 0.6) is 0 Å². The molecule has 4 rings (SSSR count). The van der Waals surface area contributed by atoms with Crippen molar-refractivity contribution >= 4 is 34.4 Å². The topological polar surface area (TPSA) is 48.5 Å². The quantitative estimate of drug-likeness (QED) is 0.333. The van der Waals surface area contributed by atoms with Crippen molar-refractivity contribution in [2.45, 2.75) is 24.0 Å². The normalized spacial score (nSPS) is 11.1. The minimum atomic E-state index is 0.686. The van der Waals surface area contributed by atoms with Gasteiger partial charge in [0.05, 0.1) is 16.8 Å². The molecule has 0 bridgehead atoms. The Morgan fingerprint density at radius 2 is 2.00 bits per heavy atom. The molecular weight excluding hydrogens is 378 g/mol. The first kappa shape index (κ1) is 17.8. The summed E-state index contributed by atoms with van der Waals surface area (Å²) in [5, 5.41) is 9.74. The number of imidazole rings is 1. The van der Waals surface area contributed by atoms with E-state index in [4.69, 9.17) is 16.6 Å². The average molecular weight is 396 g/mol. The van der Waals surface area contributed by atoms with Crippen molar-refractivity contribution in [3.8, 4) is 0 Å². The molecule has 0 N–H and O–H groups in total. The van der Waals surface area contributed by atoms with Crippen molar-refractivity contribution in [2.24, 2.45) is 0 Å². The zero-order chi connectivity index (χ0) is 18.6.